The highest BCUT2D eigenvalue weighted by Gasteiger charge is 2.25. The molecule has 0 bridgehead atoms. The number of anilines is 1. The van der Waals surface area contributed by atoms with Crippen LogP contribution in [0.4, 0.5) is 5.95 Å². The van der Waals surface area contributed by atoms with Gasteiger partial charge in [-0.3, -0.25) is 0 Å². The Balaban J connectivity index is 1.70. The molecule has 0 amide bonds. The number of rotatable bonds is 4. The second kappa shape index (κ2) is 6.52. The third-order valence-corrected chi connectivity index (χ3v) is 5.00. The van der Waals surface area contributed by atoms with E-state index in [0.717, 1.165) is 17.1 Å². The lowest BCUT2D eigenvalue weighted by Crippen LogP contribution is -2.06. The molecule has 0 saturated heterocycles. The molecule has 2 aromatic carbocycles. The van der Waals surface area contributed by atoms with Crippen molar-refractivity contribution in [3.05, 3.63) is 64.5 Å². The third kappa shape index (κ3) is 3.19. The normalized spacial score (nSPS) is 14.7. The first-order valence-corrected chi connectivity index (χ1v) is 9.18. The van der Waals surface area contributed by atoms with E-state index < -0.39 is 0 Å². The summed E-state index contributed by atoms with van der Waals surface area (Å²) in [5.74, 6) is 1.19. The zero-order valence-electron chi connectivity index (χ0n) is 15.8. The third-order valence-electron chi connectivity index (χ3n) is 5.00. The van der Waals surface area contributed by atoms with E-state index in [-0.39, 0.29) is 0 Å². The van der Waals surface area contributed by atoms with Gasteiger partial charge >= 0.3 is 0 Å². The lowest BCUT2D eigenvalue weighted by molar-refractivity contribution is 0.960. The molecule has 1 fully saturated rings. The van der Waals surface area contributed by atoms with Crippen LogP contribution in [0.3, 0.4) is 0 Å². The number of nitrogens with zero attached hydrogens (tertiary/aromatic N) is 3. The minimum Gasteiger partial charge on any atom is -0.245 e. The molecule has 4 rings (SSSR count). The standard InChI is InChI=1S/C22H24N4/c1-13-11-14(2)21(19-8-6-5-7-18(13)19)16(4)25-26-22-23-15(3)12-20(24-22)17-9-10-17/h5-8,11-12,17H,9-10H2,1-4H3,(H,23,24,26). The van der Waals surface area contributed by atoms with Crippen molar-refractivity contribution in [2.24, 2.45) is 5.10 Å². The van der Waals surface area contributed by atoms with Crippen LogP contribution in [0.5, 0.6) is 0 Å². The molecule has 0 radical (unpaired) electrons. The van der Waals surface area contributed by atoms with Crippen molar-refractivity contribution >= 4 is 22.4 Å². The first kappa shape index (κ1) is 16.7. The van der Waals surface area contributed by atoms with Crippen LogP contribution in [-0.4, -0.2) is 15.7 Å². The molecule has 1 heterocycles. The molecule has 4 nitrogen and oxygen atoms in total. The molecule has 3 aromatic rings. The minimum absolute atomic E-state index is 0.584. The number of benzene rings is 2. The van der Waals surface area contributed by atoms with Crippen molar-refractivity contribution < 1.29 is 0 Å². The predicted molar refractivity (Wildman–Crippen MR) is 108 cm³/mol. The molecule has 4 heteroatoms. The van der Waals surface area contributed by atoms with Gasteiger partial charge in [-0.15, -0.1) is 0 Å². The summed E-state index contributed by atoms with van der Waals surface area (Å²) >= 11 is 0. The molecule has 1 aliphatic rings. The Morgan fingerprint density at radius 3 is 2.46 bits per heavy atom. The summed E-state index contributed by atoms with van der Waals surface area (Å²) in [6.07, 6.45) is 2.46. The summed E-state index contributed by atoms with van der Waals surface area (Å²) in [4.78, 5) is 9.11. The summed E-state index contributed by atoms with van der Waals surface area (Å²) in [5.41, 5.74) is 9.83. The van der Waals surface area contributed by atoms with E-state index in [1.165, 1.54) is 40.3 Å². The lowest BCUT2D eigenvalue weighted by atomic mass is 9.93. The maximum atomic E-state index is 4.63. The highest BCUT2D eigenvalue weighted by Crippen LogP contribution is 2.39. The fraction of sp³-hybridized carbons (Fsp3) is 0.318. The number of hydrogen-bond acceptors (Lipinski definition) is 4. The predicted octanol–water partition coefficient (Wildman–Crippen LogP) is 5.27. The summed E-state index contributed by atoms with van der Waals surface area (Å²) in [6, 6.07) is 12.8. The van der Waals surface area contributed by atoms with Gasteiger partial charge < -0.3 is 0 Å². The molecule has 1 saturated carbocycles. The van der Waals surface area contributed by atoms with E-state index in [0.29, 0.717) is 11.9 Å². The molecule has 0 unspecified atom stereocenters. The van der Waals surface area contributed by atoms with Gasteiger partial charge in [-0.25, -0.2) is 15.4 Å². The van der Waals surface area contributed by atoms with Gasteiger partial charge in [-0.2, -0.15) is 5.10 Å². The van der Waals surface area contributed by atoms with Crippen molar-refractivity contribution in [1.29, 1.82) is 0 Å². The summed E-state index contributed by atoms with van der Waals surface area (Å²) in [6.45, 7) is 8.34. The van der Waals surface area contributed by atoms with Crippen molar-refractivity contribution in [2.75, 3.05) is 5.43 Å². The molecule has 1 aliphatic carbocycles. The number of hydrogen-bond donors (Lipinski definition) is 1. The number of aromatic nitrogens is 2. The van der Waals surface area contributed by atoms with Crippen LogP contribution < -0.4 is 5.43 Å². The molecule has 1 N–H and O–H groups in total. The summed E-state index contributed by atoms with van der Waals surface area (Å²) in [7, 11) is 0. The Hall–Kier alpha value is -2.75. The van der Waals surface area contributed by atoms with Crippen molar-refractivity contribution in [1.82, 2.24) is 9.97 Å². The van der Waals surface area contributed by atoms with Gasteiger partial charge in [0.1, 0.15) is 0 Å². The Labute approximate surface area is 154 Å². The van der Waals surface area contributed by atoms with Crippen molar-refractivity contribution in [3.8, 4) is 0 Å². The molecule has 0 atom stereocenters. The lowest BCUT2D eigenvalue weighted by Gasteiger charge is -2.13. The van der Waals surface area contributed by atoms with Gasteiger partial charge in [0.25, 0.3) is 0 Å². The van der Waals surface area contributed by atoms with Gasteiger partial charge in [0.05, 0.1) is 5.71 Å². The van der Waals surface area contributed by atoms with Crippen molar-refractivity contribution in [3.63, 3.8) is 0 Å². The Morgan fingerprint density at radius 1 is 1.00 bits per heavy atom. The van der Waals surface area contributed by atoms with Gasteiger partial charge in [0.15, 0.2) is 0 Å². The maximum Gasteiger partial charge on any atom is 0.243 e. The quantitative estimate of drug-likeness (QED) is 0.518. The molecule has 132 valence electrons. The largest absolute Gasteiger partial charge is 0.245 e. The Bertz CT molecular complexity index is 1020. The van der Waals surface area contributed by atoms with Crippen LogP contribution in [0.2, 0.25) is 0 Å². The van der Waals surface area contributed by atoms with Crippen LogP contribution in [0, 0.1) is 20.8 Å². The smallest absolute Gasteiger partial charge is 0.243 e. The SMILES string of the molecule is CC(=NNc1nc(C)cc(C2CC2)n1)c1c(C)cc(C)c2ccccc12. The first-order valence-electron chi connectivity index (χ1n) is 9.18. The zero-order valence-corrected chi connectivity index (χ0v) is 15.8. The van der Waals surface area contributed by atoms with Gasteiger partial charge in [0, 0.05) is 22.9 Å². The Kier molecular flexibility index (Phi) is 4.19. The van der Waals surface area contributed by atoms with E-state index in [2.05, 4.69) is 70.7 Å². The minimum atomic E-state index is 0.584. The summed E-state index contributed by atoms with van der Waals surface area (Å²) in [5, 5.41) is 7.11. The zero-order chi connectivity index (χ0) is 18.3. The molecule has 0 spiro atoms. The highest BCUT2D eigenvalue weighted by atomic mass is 15.4. The average molecular weight is 344 g/mol. The molecule has 26 heavy (non-hydrogen) atoms. The van der Waals surface area contributed by atoms with Crippen molar-refractivity contribution in [2.45, 2.75) is 46.5 Å². The van der Waals surface area contributed by atoms with Gasteiger partial charge in [0.2, 0.25) is 5.95 Å². The first-order chi connectivity index (χ1) is 12.5. The maximum absolute atomic E-state index is 4.63. The van der Waals surface area contributed by atoms with Crippen LogP contribution in [0.15, 0.2) is 41.5 Å². The van der Waals surface area contributed by atoms with E-state index in [4.69, 9.17) is 0 Å². The van der Waals surface area contributed by atoms with Crippen LogP contribution in [0.25, 0.3) is 10.8 Å². The summed E-state index contributed by atoms with van der Waals surface area (Å²) < 4.78 is 0. The van der Waals surface area contributed by atoms with E-state index in [1.54, 1.807) is 0 Å². The fourth-order valence-electron chi connectivity index (χ4n) is 3.63. The topological polar surface area (TPSA) is 50.2 Å². The Morgan fingerprint density at radius 2 is 1.73 bits per heavy atom. The van der Waals surface area contributed by atoms with E-state index in [1.807, 2.05) is 13.8 Å². The molecule has 1 aromatic heterocycles. The van der Waals surface area contributed by atoms with Gasteiger partial charge in [-0.05, 0) is 68.5 Å². The van der Waals surface area contributed by atoms with E-state index >= 15 is 0 Å². The number of fused-ring (bicyclic) bond motifs is 1. The number of nitrogens with one attached hydrogen (secondary N) is 1. The second-order valence-electron chi connectivity index (χ2n) is 7.27. The van der Waals surface area contributed by atoms with Crippen LogP contribution >= 0.6 is 0 Å². The highest BCUT2D eigenvalue weighted by molar-refractivity contribution is 6.11. The van der Waals surface area contributed by atoms with Crippen LogP contribution in [0.1, 0.15) is 53.8 Å². The monoisotopic (exact) mass is 344 g/mol. The number of aryl methyl sites for hydroxylation is 3. The van der Waals surface area contributed by atoms with E-state index in [9.17, 15) is 0 Å². The molecular formula is C22H24N4. The number of hydrazone groups is 1. The average Bonchev–Trinajstić information content (AvgIpc) is 3.45. The van der Waals surface area contributed by atoms with Crippen LogP contribution in [-0.2, 0) is 0 Å². The molecular weight excluding hydrogens is 320 g/mol. The molecule has 0 aliphatic heterocycles. The fourth-order valence-corrected chi connectivity index (χ4v) is 3.63. The second-order valence-corrected chi connectivity index (χ2v) is 7.27. The van der Waals surface area contributed by atoms with Gasteiger partial charge in [-0.1, -0.05) is 30.3 Å².